The number of rotatable bonds is 13. The molecule has 4 nitrogen and oxygen atoms in total. The minimum absolute atomic E-state index is 1.10. The zero-order chi connectivity index (χ0) is 62.6. The third-order valence-corrected chi connectivity index (χ3v) is 19.0. The molecule has 15 aromatic carbocycles. The van der Waals surface area contributed by atoms with Crippen LogP contribution in [0, 0.1) is 13.8 Å². The van der Waals surface area contributed by atoms with Gasteiger partial charge in [0.25, 0.3) is 0 Å². The van der Waals surface area contributed by atoms with Crippen molar-refractivity contribution in [1.82, 2.24) is 9.13 Å². The first kappa shape index (κ1) is 55.8. The number of aromatic nitrogens is 2. The number of hydrogen-bond acceptors (Lipinski definition) is 2. The topological polar surface area (TPSA) is 16.3 Å². The second-order valence-electron chi connectivity index (χ2n) is 24.6. The van der Waals surface area contributed by atoms with Crippen LogP contribution in [0.3, 0.4) is 0 Å². The summed E-state index contributed by atoms with van der Waals surface area (Å²) >= 11 is 0. The van der Waals surface area contributed by atoms with Crippen molar-refractivity contribution in [2.24, 2.45) is 0 Å². The van der Waals surface area contributed by atoms with Gasteiger partial charge >= 0.3 is 0 Å². The molecular weight excluding hydrogens is 1140 g/mol. The maximum atomic E-state index is 2.43. The SMILES string of the molecule is Cc1cc(N(c2ccc(-c3ccccc3)cc2)c2ccc(-c3ccccc3)cc2)ccc1-c1ccc(-n2c3ccccc3c3cc(-c4ccc5cc(N(c6ccccc6)c6ccc(-c7ccc(-n8c9ccccc9c9ccccc98)cc7)cc6)ccc5c4)ccc32)cc1C. The van der Waals surface area contributed by atoms with E-state index in [-0.39, 0.29) is 0 Å². The first-order valence-corrected chi connectivity index (χ1v) is 32.4. The number of nitrogens with zero attached hydrogens (tertiary/aromatic N) is 4. The molecule has 17 rings (SSSR count). The zero-order valence-electron chi connectivity index (χ0n) is 52.3. The van der Waals surface area contributed by atoms with E-state index >= 15 is 0 Å². The molecule has 0 saturated carbocycles. The van der Waals surface area contributed by atoms with Crippen LogP contribution in [-0.4, -0.2) is 9.13 Å². The van der Waals surface area contributed by atoms with Crippen LogP contribution < -0.4 is 9.80 Å². The molecule has 0 unspecified atom stereocenters. The van der Waals surface area contributed by atoms with Crippen molar-refractivity contribution in [1.29, 1.82) is 0 Å². The molecule has 2 aromatic heterocycles. The summed E-state index contributed by atoms with van der Waals surface area (Å²) in [4.78, 5) is 4.73. The Bertz CT molecular complexity index is 5520. The van der Waals surface area contributed by atoms with Gasteiger partial charge in [-0.1, -0.05) is 218 Å². The lowest BCUT2D eigenvalue weighted by Gasteiger charge is -2.27. The van der Waals surface area contributed by atoms with Crippen LogP contribution in [0.2, 0.25) is 0 Å². The van der Waals surface area contributed by atoms with E-state index < -0.39 is 0 Å². The molecule has 0 aliphatic heterocycles. The third-order valence-electron chi connectivity index (χ3n) is 19.0. The van der Waals surface area contributed by atoms with Crippen molar-refractivity contribution in [3.05, 3.63) is 363 Å². The molecular formula is C90H64N4. The van der Waals surface area contributed by atoms with Gasteiger partial charge < -0.3 is 18.9 Å². The number of aryl methyl sites for hydroxylation is 2. The lowest BCUT2D eigenvalue weighted by Crippen LogP contribution is -2.10. The van der Waals surface area contributed by atoms with Gasteiger partial charge in [-0.05, 0) is 225 Å². The zero-order valence-corrected chi connectivity index (χ0v) is 52.3. The van der Waals surface area contributed by atoms with Crippen LogP contribution in [-0.2, 0) is 0 Å². The number of anilines is 6. The van der Waals surface area contributed by atoms with Crippen LogP contribution >= 0.6 is 0 Å². The van der Waals surface area contributed by atoms with E-state index in [0.29, 0.717) is 0 Å². The highest BCUT2D eigenvalue weighted by Crippen LogP contribution is 2.43. The van der Waals surface area contributed by atoms with Crippen molar-refractivity contribution >= 4 is 88.5 Å². The molecule has 0 amide bonds. The minimum Gasteiger partial charge on any atom is -0.310 e. The average molecular weight is 1200 g/mol. The number of fused-ring (bicyclic) bond motifs is 7. The van der Waals surface area contributed by atoms with E-state index in [2.05, 4.69) is 385 Å². The Morgan fingerprint density at radius 2 is 0.532 bits per heavy atom. The van der Waals surface area contributed by atoms with E-state index in [0.717, 1.165) is 45.5 Å². The average Bonchev–Trinajstić information content (AvgIpc) is 1.58. The first-order chi connectivity index (χ1) is 46.4. The summed E-state index contributed by atoms with van der Waals surface area (Å²) in [7, 11) is 0. The largest absolute Gasteiger partial charge is 0.310 e. The van der Waals surface area contributed by atoms with Crippen molar-refractivity contribution < 1.29 is 0 Å². The Balaban J connectivity index is 0.647. The van der Waals surface area contributed by atoms with Crippen molar-refractivity contribution in [2.75, 3.05) is 9.80 Å². The monoisotopic (exact) mass is 1200 g/mol. The molecule has 0 spiro atoms. The van der Waals surface area contributed by atoms with Crippen LogP contribution in [0.1, 0.15) is 11.1 Å². The summed E-state index contributed by atoms with van der Waals surface area (Å²) in [5.41, 5.74) is 28.1. The normalized spacial score (nSPS) is 11.5. The van der Waals surface area contributed by atoms with Crippen molar-refractivity contribution in [3.8, 4) is 67.0 Å². The summed E-state index contributed by atoms with van der Waals surface area (Å²) in [6, 6.07) is 129. The first-order valence-electron chi connectivity index (χ1n) is 32.4. The smallest absolute Gasteiger partial charge is 0.0541 e. The predicted octanol–water partition coefficient (Wildman–Crippen LogP) is 24.9. The summed E-state index contributed by atoms with van der Waals surface area (Å²) in [6.45, 7) is 4.49. The number of hydrogen-bond donors (Lipinski definition) is 0. The molecule has 0 bridgehead atoms. The molecule has 0 fully saturated rings. The number of para-hydroxylation sites is 4. The fourth-order valence-corrected chi connectivity index (χ4v) is 14.3. The van der Waals surface area contributed by atoms with Crippen LogP contribution in [0.5, 0.6) is 0 Å². The molecule has 4 heteroatoms. The Kier molecular flexibility index (Phi) is 14.0. The van der Waals surface area contributed by atoms with Crippen molar-refractivity contribution in [2.45, 2.75) is 13.8 Å². The Labute approximate surface area is 548 Å². The van der Waals surface area contributed by atoms with Crippen molar-refractivity contribution in [3.63, 3.8) is 0 Å². The second kappa shape index (κ2) is 23.5. The molecule has 0 atom stereocenters. The van der Waals surface area contributed by atoms with Gasteiger partial charge in [-0.3, -0.25) is 0 Å². The van der Waals surface area contributed by atoms with Gasteiger partial charge in [-0.2, -0.15) is 0 Å². The molecule has 0 saturated heterocycles. The van der Waals surface area contributed by atoms with Crippen LogP contribution in [0.15, 0.2) is 352 Å². The van der Waals surface area contributed by atoms with Gasteiger partial charge in [0, 0.05) is 67.0 Å². The Hall–Kier alpha value is -12.2. The molecule has 0 aliphatic carbocycles. The van der Waals surface area contributed by atoms with E-state index in [1.807, 2.05) is 0 Å². The van der Waals surface area contributed by atoms with Crippen LogP contribution in [0.25, 0.3) is 121 Å². The summed E-state index contributed by atoms with van der Waals surface area (Å²) in [5.74, 6) is 0. The third kappa shape index (κ3) is 10.1. The molecule has 2 heterocycles. The van der Waals surface area contributed by atoms with Crippen LogP contribution in [0.4, 0.5) is 34.1 Å². The molecule has 17 aromatic rings. The van der Waals surface area contributed by atoms with E-state index in [4.69, 9.17) is 0 Å². The molecule has 0 radical (unpaired) electrons. The summed E-state index contributed by atoms with van der Waals surface area (Å²) < 4.78 is 4.81. The van der Waals surface area contributed by atoms with Gasteiger partial charge in [-0.15, -0.1) is 0 Å². The fraction of sp³-hybridized carbons (Fsp3) is 0.0222. The lowest BCUT2D eigenvalue weighted by atomic mass is 9.95. The number of benzene rings is 15. The second-order valence-corrected chi connectivity index (χ2v) is 24.6. The summed E-state index contributed by atoms with van der Waals surface area (Å²) in [5, 5.41) is 7.37. The fourth-order valence-electron chi connectivity index (χ4n) is 14.3. The molecule has 94 heavy (non-hydrogen) atoms. The highest BCUT2D eigenvalue weighted by molar-refractivity contribution is 6.11. The molecule has 0 N–H and O–H groups in total. The Morgan fingerprint density at radius 1 is 0.202 bits per heavy atom. The maximum absolute atomic E-state index is 2.43. The highest BCUT2D eigenvalue weighted by atomic mass is 15.1. The quantitative estimate of drug-likeness (QED) is 0.114. The lowest BCUT2D eigenvalue weighted by molar-refractivity contribution is 1.17. The maximum Gasteiger partial charge on any atom is 0.0541 e. The van der Waals surface area contributed by atoms with Gasteiger partial charge in [-0.25, -0.2) is 0 Å². The molecule has 0 aliphatic rings. The van der Waals surface area contributed by atoms with E-state index in [1.54, 1.807) is 0 Å². The van der Waals surface area contributed by atoms with Gasteiger partial charge in [0.15, 0.2) is 0 Å². The predicted molar refractivity (Wildman–Crippen MR) is 399 cm³/mol. The van der Waals surface area contributed by atoms with Gasteiger partial charge in [0.2, 0.25) is 0 Å². The van der Waals surface area contributed by atoms with E-state index in [1.165, 1.54) is 121 Å². The highest BCUT2D eigenvalue weighted by Gasteiger charge is 2.20. The van der Waals surface area contributed by atoms with Gasteiger partial charge in [0.05, 0.1) is 22.1 Å². The minimum atomic E-state index is 1.10. The molecule has 444 valence electrons. The van der Waals surface area contributed by atoms with E-state index in [9.17, 15) is 0 Å². The standard InChI is InChI=1S/C90H64N4/c1-61-56-78(92(75-42-32-65(33-43-75)63-18-6-3-7-19-63)76-44-34-66(35-45-76)64-20-8-4-9-21-64)51-53-81(61)82-54-52-79(57-62(82)2)94-89-29-17-14-26-85(89)86-60-72(41-55-90(86)94)69-30-31-71-59-80(50-40-70(71)58-69)91(73-22-10-5-11-23-73)74-46-36-67(37-47-74)68-38-48-77(49-39-68)93-87-27-15-12-24-83(87)84-25-13-16-28-88(84)93/h3-60H,1-2H3. The van der Waals surface area contributed by atoms with Gasteiger partial charge in [0.1, 0.15) is 0 Å². The Morgan fingerprint density at radius 3 is 1.05 bits per heavy atom. The summed E-state index contributed by atoms with van der Waals surface area (Å²) in [6.07, 6.45) is 0.